The summed E-state index contributed by atoms with van der Waals surface area (Å²) in [6.07, 6.45) is -0.400. The Bertz CT molecular complexity index is 618. The van der Waals surface area contributed by atoms with Gasteiger partial charge in [0.1, 0.15) is 11.9 Å². The third kappa shape index (κ3) is 3.36. The van der Waals surface area contributed by atoms with Crippen molar-refractivity contribution in [2.45, 2.75) is 25.5 Å². The van der Waals surface area contributed by atoms with Crippen molar-refractivity contribution >= 4 is 0 Å². The van der Waals surface area contributed by atoms with Crippen LogP contribution in [0.5, 0.6) is 5.75 Å². The quantitative estimate of drug-likeness (QED) is 0.906. The van der Waals surface area contributed by atoms with Gasteiger partial charge in [0.25, 0.3) is 0 Å². The maximum atomic E-state index is 13.9. The van der Waals surface area contributed by atoms with Crippen molar-refractivity contribution in [3.8, 4) is 5.75 Å². The molecule has 0 amide bonds. The first-order valence-electron chi connectivity index (χ1n) is 6.65. The Morgan fingerprint density at radius 2 is 1.67 bits per heavy atom. The van der Waals surface area contributed by atoms with Gasteiger partial charge in [0.15, 0.2) is 11.6 Å². The van der Waals surface area contributed by atoms with Crippen LogP contribution in [0.15, 0.2) is 42.5 Å². The summed E-state index contributed by atoms with van der Waals surface area (Å²) in [6.45, 7) is 1.81. The zero-order valence-electron chi connectivity index (χ0n) is 11.5. The number of nitrogens with two attached hydrogens (primary N) is 1. The van der Waals surface area contributed by atoms with Crippen LogP contribution in [0.4, 0.5) is 13.2 Å². The fourth-order valence-electron chi connectivity index (χ4n) is 2.01. The average molecular weight is 295 g/mol. The minimum atomic E-state index is -1.11. The molecule has 21 heavy (non-hydrogen) atoms. The molecule has 0 spiro atoms. The molecule has 0 fully saturated rings. The molecule has 2 aromatic rings. The summed E-state index contributed by atoms with van der Waals surface area (Å²) in [5.41, 5.74) is 6.16. The second-order valence-corrected chi connectivity index (χ2v) is 4.68. The van der Waals surface area contributed by atoms with Crippen molar-refractivity contribution < 1.29 is 17.9 Å². The highest BCUT2D eigenvalue weighted by atomic mass is 19.2. The normalized spacial score (nSPS) is 13.8. The van der Waals surface area contributed by atoms with Crippen LogP contribution in [-0.2, 0) is 0 Å². The number of benzene rings is 2. The minimum Gasteiger partial charge on any atom is -0.481 e. The van der Waals surface area contributed by atoms with E-state index in [9.17, 15) is 13.2 Å². The fraction of sp³-hybridized carbons (Fsp3) is 0.250. The summed E-state index contributed by atoms with van der Waals surface area (Å²) < 4.78 is 46.3. The molecule has 2 nitrogen and oxygen atoms in total. The SMILES string of the molecule is CCC(N)C(Oc1cccc(F)c1F)c1ccccc1F. The predicted molar refractivity (Wildman–Crippen MR) is 74.4 cm³/mol. The summed E-state index contributed by atoms with van der Waals surface area (Å²) in [6, 6.07) is 9.01. The Hall–Kier alpha value is -2.01. The number of halogens is 3. The zero-order valence-corrected chi connectivity index (χ0v) is 11.5. The first-order chi connectivity index (χ1) is 10.0. The third-order valence-electron chi connectivity index (χ3n) is 3.24. The van der Waals surface area contributed by atoms with Crippen LogP contribution < -0.4 is 10.5 Å². The summed E-state index contributed by atoms with van der Waals surface area (Å²) in [4.78, 5) is 0. The molecule has 0 aliphatic rings. The lowest BCUT2D eigenvalue weighted by Gasteiger charge is -2.25. The van der Waals surface area contributed by atoms with Gasteiger partial charge >= 0.3 is 0 Å². The maximum absolute atomic E-state index is 13.9. The van der Waals surface area contributed by atoms with E-state index in [0.717, 1.165) is 6.07 Å². The monoisotopic (exact) mass is 295 g/mol. The zero-order chi connectivity index (χ0) is 15.4. The van der Waals surface area contributed by atoms with Crippen molar-refractivity contribution in [1.82, 2.24) is 0 Å². The van der Waals surface area contributed by atoms with Gasteiger partial charge in [-0.05, 0) is 24.6 Å². The van der Waals surface area contributed by atoms with Crippen LogP contribution in [-0.4, -0.2) is 6.04 Å². The van der Waals surface area contributed by atoms with E-state index in [2.05, 4.69) is 0 Å². The topological polar surface area (TPSA) is 35.2 Å². The molecule has 0 aromatic heterocycles. The number of rotatable bonds is 5. The Kier molecular flexibility index (Phi) is 4.85. The molecule has 0 aliphatic heterocycles. The van der Waals surface area contributed by atoms with Crippen molar-refractivity contribution in [3.05, 3.63) is 65.5 Å². The van der Waals surface area contributed by atoms with Gasteiger partial charge in [-0.25, -0.2) is 8.78 Å². The summed E-state index contributed by atoms with van der Waals surface area (Å²) >= 11 is 0. The van der Waals surface area contributed by atoms with E-state index < -0.39 is 29.6 Å². The van der Waals surface area contributed by atoms with Crippen molar-refractivity contribution in [2.75, 3.05) is 0 Å². The second-order valence-electron chi connectivity index (χ2n) is 4.68. The highest BCUT2D eigenvalue weighted by molar-refractivity contribution is 5.28. The van der Waals surface area contributed by atoms with E-state index in [1.807, 2.05) is 6.92 Å². The van der Waals surface area contributed by atoms with Gasteiger partial charge in [0, 0.05) is 11.6 Å². The molecule has 0 aliphatic carbocycles. The van der Waals surface area contributed by atoms with Gasteiger partial charge in [-0.1, -0.05) is 31.2 Å². The van der Waals surface area contributed by atoms with Gasteiger partial charge < -0.3 is 10.5 Å². The molecule has 2 unspecified atom stereocenters. The highest BCUT2D eigenvalue weighted by Gasteiger charge is 2.25. The summed E-state index contributed by atoms with van der Waals surface area (Å²) in [5, 5.41) is 0. The third-order valence-corrected chi connectivity index (χ3v) is 3.24. The van der Waals surface area contributed by atoms with Crippen molar-refractivity contribution in [1.29, 1.82) is 0 Å². The summed E-state index contributed by atoms with van der Waals surface area (Å²) in [7, 11) is 0. The van der Waals surface area contributed by atoms with Crippen LogP contribution in [0.1, 0.15) is 25.0 Å². The van der Waals surface area contributed by atoms with Crippen LogP contribution in [0.3, 0.4) is 0 Å². The van der Waals surface area contributed by atoms with Crippen molar-refractivity contribution in [3.63, 3.8) is 0 Å². The molecule has 2 rings (SSSR count). The van der Waals surface area contributed by atoms with Crippen LogP contribution in [0, 0.1) is 17.5 Å². The fourth-order valence-corrected chi connectivity index (χ4v) is 2.01. The van der Waals surface area contributed by atoms with E-state index in [0.29, 0.717) is 6.42 Å². The predicted octanol–water partition coefficient (Wildman–Crippen LogP) is 3.96. The first kappa shape index (κ1) is 15.4. The van der Waals surface area contributed by atoms with Crippen LogP contribution in [0.2, 0.25) is 0 Å². The Balaban J connectivity index is 2.38. The molecule has 0 radical (unpaired) electrons. The number of hydrogen-bond donors (Lipinski definition) is 1. The second kappa shape index (κ2) is 6.63. The van der Waals surface area contributed by atoms with Gasteiger partial charge in [-0.2, -0.15) is 4.39 Å². The maximum Gasteiger partial charge on any atom is 0.200 e. The standard InChI is InChI=1S/C16H16F3NO/c1-2-13(20)16(10-6-3-4-7-11(10)17)21-14-9-5-8-12(18)15(14)19/h3-9,13,16H,2,20H2,1H3. The molecule has 0 saturated carbocycles. The number of ether oxygens (including phenoxy) is 1. The molecule has 2 N–H and O–H groups in total. The van der Waals surface area contributed by atoms with E-state index in [1.165, 1.54) is 30.3 Å². The molecular weight excluding hydrogens is 279 g/mol. The van der Waals surface area contributed by atoms with Crippen LogP contribution in [0.25, 0.3) is 0 Å². The van der Waals surface area contributed by atoms with Crippen molar-refractivity contribution in [2.24, 2.45) is 5.73 Å². The molecular formula is C16H16F3NO. The Morgan fingerprint density at radius 3 is 2.33 bits per heavy atom. The lowest BCUT2D eigenvalue weighted by atomic mass is 10.00. The lowest BCUT2D eigenvalue weighted by molar-refractivity contribution is 0.158. The Morgan fingerprint density at radius 1 is 1.00 bits per heavy atom. The van der Waals surface area contributed by atoms with Gasteiger partial charge in [-0.3, -0.25) is 0 Å². The molecule has 112 valence electrons. The lowest BCUT2D eigenvalue weighted by Crippen LogP contribution is -2.32. The minimum absolute atomic E-state index is 0.218. The molecule has 5 heteroatoms. The molecule has 0 saturated heterocycles. The van der Waals surface area contributed by atoms with E-state index in [1.54, 1.807) is 6.07 Å². The summed E-state index contributed by atoms with van der Waals surface area (Å²) in [5.74, 6) is -2.91. The van der Waals surface area contributed by atoms with Crippen LogP contribution >= 0.6 is 0 Å². The molecule has 0 bridgehead atoms. The Labute approximate surface area is 121 Å². The average Bonchev–Trinajstić information content (AvgIpc) is 2.49. The smallest absolute Gasteiger partial charge is 0.200 e. The largest absolute Gasteiger partial charge is 0.481 e. The van der Waals surface area contributed by atoms with E-state index in [-0.39, 0.29) is 11.3 Å². The number of hydrogen-bond acceptors (Lipinski definition) is 2. The van der Waals surface area contributed by atoms with Gasteiger partial charge in [-0.15, -0.1) is 0 Å². The van der Waals surface area contributed by atoms with Gasteiger partial charge in [0.2, 0.25) is 5.82 Å². The molecule has 2 atom stereocenters. The molecule has 2 aromatic carbocycles. The highest BCUT2D eigenvalue weighted by Crippen LogP contribution is 2.29. The van der Waals surface area contributed by atoms with E-state index in [4.69, 9.17) is 10.5 Å². The first-order valence-corrected chi connectivity index (χ1v) is 6.65. The molecule has 0 heterocycles. The van der Waals surface area contributed by atoms with E-state index >= 15 is 0 Å². The van der Waals surface area contributed by atoms with Gasteiger partial charge in [0.05, 0.1) is 0 Å².